The summed E-state index contributed by atoms with van der Waals surface area (Å²) < 4.78 is 12.7. The van der Waals surface area contributed by atoms with Gasteiger partial charge in [-0.15, -0.1) is 0 Å². The Hall–Kier alpha value is -2.30. The number of carboxylic acid groups (broad SMARTS) is 1. The molecule has 0 atom stereocenters. The number of hydrogen-bond donors (Lipinski definition) is 1. The number of carbonyl (C=O) groups is 1. The number of hydrogen-bond acceptors (Lipinski definition) is 3. The molecule has 1 aromatic carbocycles. The molecule has 2 rings (SSSR count). The third-order valence-electron chi connectivity index (χ3n) is 2.28. The Kier molecular flexibility index (Phi) is 2.82. The number of rotatable bonds is 2. The minimum Gasteiger partial charge on any atom is -0.477 e. The number of carboxylic acids is 1. The zero-order valence-corrected chi connectivity index (χ0v) is 9.01. The van der Waals surface area contributed by atoms with Crippen LogP contribution in [0.25, 0.3) is 11.4 Å². The van der Waals surface area contributed by atoms with Crippen LogP contribution in [0.5, 0.6) is 0 Å². The minimum absolute atomic E-state index is 0.0423. The topological polar surface area (TPSA) is 63.1 Å². The summed E-state index contributed by atoms with van der Waals surface area (Å²) >= 11 is 0. The Morgan fingerprint density at radius 1 is 1.29 bits per heavy atom. The number of aromatic carboxylic acids is 1. The molecule has 17 heavy (non-hydrogen) atoms. The molecule has 0 radical (unpaired) electrons. The maximum Gasteiger partial charge on any atom is 0.354 e. The highest BCUT2D eigenvalue weighted by atomic mass is 19.1. The van der Waals surface area contributed by atoms with Crippen LogP contribution in [0.4, 0.5) is 4.39 Å². The highest BCUT2D eigenvalue weighted by Crippen LogP contribution is 2.16. The number of halogens is 1. The number of aromatic nitrogens is 2. The van der Waals surface area contributed by atoms with Crippen molar-refractivity contribution in [2.75, 3.05) is 0 Å². The third kappa shape index (κ3) is 2.28. The van der Waals surface area contributed by atoms with Crippen molar-refractivity contribution >= 4 is 5.97 Å². The lowest BCUT2D eigenvalue weighted by atomic mass is 10.2. The first-order chi connectivity index (χ1) is 8.08. The smallest absolute Gasteiger partial charge is 0.354 e. The van der Waals surface area contributed by atoms with Gasteiger partial charge in [-0.25, -0.2) is 19.2 Å². The predicted octanol–water partition coefficient (Wildman–Crippen LogP) is 2.29. The fourth-order valence-corrected chi connectivity index (χ4v) is 1.40. The van der Waals surface area contributed by atoms with E-state index in [1.165, 1.54) is 30.5 Å². The van der Waals surface area contributed by atoms with Gasteiger partial charge in [-0.3, -0.25) is 0 Å². The Bertz CT molecular complexity index is 567. The van der Waals surface area contributed by atoms with Crippen molar-refractivity contribution in [1.82, 2.24) is 9.97 Å². The Labute approximate surface area is 96.8 Å². The second kappa shape index (κ2) is 4.29. The van der Waals surface area contributed by atoms with E-state index in [4.69, 9.17) is 5.11 Å². The molecule has 1 N–H and O–H groups in total. The van der Waals surface area contributed by atoms with Gasteiger partial charge in [0.2, 0.25) is 0 Å². The molecule has 1 heterocycles. The lowest BCUT2D eigenvalue weighted by Crippen LogP contribution is -2.05. The predicted molar refractivity (Wildman–Crippen MR) is 59.1 cm³/mol. The van der Waals surface area contributed by atoms with Gasteiger partial charge < -0.3 is 5.11 Å². The molecule has 0 aliphatic heterocycles. The van der Waals surface area contributed by atoms with E-state index in [1.54, 1.807) is 6.92 Å². The van der Waals surface area contributed by atoms with Gasteiger partial charge in [0.25, 0.3) is 0 Å². The molecule has 4 nitrogen and oxygen atoms in total. The molecule has 86 valence electrons. The van der Waals surface area contributed by atoms with Crippen molar-refractivity contribution in [1.29, 1.82) is 0 Å². The zero-order chi connectivity index (χ0) is 12.4. The van der Waals surface area contributed by atoms with Crippen LogP contribution in [0.1, 0.15) is 16.1 Å². The molecule has 0 saturated heterocycles. The van der Waals surface area contributed by atoms with Crippen molar-refractivity contribution in [2.45, 2.75) is 6.92 Å². The highest BCUT2D eigenvalue weighted by Gasteiger charge is 2.11. The van der Waals surface area contributed by atoms with Gasteiger partial charge in [-0.2, -0.15) is 0 Å². The first-order valence-electron chi connectivity index (χ1n) is 4.91. The van der Waals surface area contributed by atoms with E-state index in [2.05, 4.69) is 9.97 Å². The average molecular weight is 232 g/mol. The molecular weight excluding hydrogens is 223 g/mol. The molecule has 0 bridgehead atoms. The van der Waals surface area contributed by atoms with Crippen molar-refractivity contribution in [2.24, 2.45) is 0 Å². The Balaban J connectivity index is 2.50. The van der Waals surface area contributed by atoms with Crippen molar-refractivity contribution in [3.05, 3.63) is 47.5 Å². The normalized spacial score (nSPS) is 10.2. The summed E-state index contributed by atoms with van der Waals surface area (Å²) in [6.07, 6.45) is 1.44. The van der Waals surface area contributed by atoms with Crippen LogP contribution in [0.3, 0.4) is 0 Å². The molecule has 1 aromatic heterocycles. The van der Waals surface area contributed by atoms with Gasteiger partial charge in [-0.05, 0) is 31.2 Å². The quantitative estimate of drug-likeness (QED) is 0.862. The van der Waals surface area contributed by atoms with Crippen LogP contribution >= 0.6 is 0 Å². The summed E-state index contributed by atoms with van der Waals surface area (Å²) in [6.45, 7) is 1.62. The van der Waals surface area contributed by atoms with Crippen LogP contribution in [0.15, 0.2) is 30.5 Å². The first-order valence-corrected chi connectivity index (χ1v) is 4.91. The second-order valence-electron chi connectivity index (χ2n) is 3.54. The summed E-state index contributed by atoms with van der Waals surface area (Å²) in [7, 11) is 0. The van der Waals surface area contributed by atoms with Crippen LogP contribution in [0, 0.1) is 12.7 Å². The van der Waals surface area contributed by atoms with Crippen LogP contribution in [0.2, 0.25) is 0 Å². The fraction of sp³-hybridized carbons (Fsp3) is 0.0833. The van der Waals surface area contributed by atoms with Crippen LogP contribution < -0.4 is 0 Å². The van der Waals surface area contributed by atoms with Gasteiger partial charge in [0.15, 0.2) is 11.5 Å². The van der Waals surface area contributed by atoms with E-state index in [0.717, 1.165) is 0 Å². The van der Waals surface area contributed by atoms with E-state index in [0.29, 0.717) is 11.1 Å². The summed E-state index contributed by atoms with van der Waals surface area (Å²) in [5.74, 6) is -1.19. The van der Waals surface area contributed by atoms with E-state index in [-0.39, 0.29) is 17.3 Å². The fourth-order valence-electron chi connectivity index (χ4n) is 1.40. The lowest BCUT2D eigenvalue weighted by molar-refractivity contribution is 0.0689. The molecule has 0 saturated carbocycles. The maximum absolute atomic E-state index is 12.7. The first kappa shape index (κ1) is 11.2. The standard InChI is InChI=1S/C12H9FN2O2/c1-7-6-14-11(15-10(7)12(16)17)8-2-4-9(13)5-3-8/h2-6H,1H3,(H,16,17). The average Bonchev–Trinajstić information content (AvgIpc) is 2.30. The van der Waals surface area contributed by atoms with E-state index >= 15 is 0 Å². The van der Waals surface area contributed by atoms with E-state index in [9.17, 15) is 9.18 Å². The van der Waals surface area contributed by atoms with E-state index in [1.807, 2.05) is 0 Å². The molecule has 0 fully saturated rings. The zero-order valence-electron chi connectivity index (χ0n) is 9.01. The monoisotopic (exact) mass is 232 g/mol. The molecule has 2 aromatic rings. The molecule has 0 spiro atoms. The van der Waals surface area contributed by atoms with Gasteiger partial charge in [0.05, 0.1) is 0 Å². The SMILES string of the molecule is Cc1cnc(-c2ccc(F)cc2)nc1C(=O)O. The third-order valence-corrected chi connectivity index (χ3v) is 2.28. The van der Waals surface area contributed by atoms with E-state index < -0.39 is 5.97 Å². The van der Waals surface area contributed by atoms with Crippen molar-refractivity contribution < 1.29 is 14.3 Å². The maximum atomic E-state index is 12.7. The van der Waals surface area contributed by atoms with Crippen LogP contribution in [-0.4, -0.2) is 21.0 Å². The summed E-state index contributed by atoms with van der Waals surface area (Å²) in [4.78, 5) is 18.9. The van der Waals surface area contributed by atoms with Crippen molar-refractivity contribution in [3.63, 3.8) is 0 Å². The molecule has 5 heteroatoms. The van der Waals surface area contributed by atoms with Crippen LogP contribution in [-0.2, 0) is 0 Å². The lowest BCUT2D eigenvalue weighted by Gasteiger charge is -2.03. The van der Waals surface area contributed by atoms with Crippen molar-refractivity contribution in [3.8, 4) is 11.4 Å². The Morgan fingerprint density at radius 3 is 2.53 bits per heavy atom. The summed E-state index contributed by atoms with van der Waals surface area (Å²) in [5.41, 5.74) is 1.02. The Morgan fingerprint density at radius 2 is 1.94 bits per heavy atom. The largest absolute Gasteiger partial charge is 0.477 e. The summed E-state index contributed by atoms with van der Waals surface area (Å²) in [6, 6.07) is 5.56. The van der Waals surface area contributed by atoms with Gasteiger partial charge in [0.1, 0.15) is 5.82 Å². The van der Waals surface area contributed by atoms with Gasteiger partial charge in [0, 0.05) is 17.3 Å². The number of nitrogens with zero attached hydrogens (tertiary/aromatic N) is 2. The van der Waals surface area contributed by atoms with Gasteiger partial charge in [-0.1, -0.05) is 0 Å². The molecule has 0 amide bonds. The number of benzene rings is 1. The molecule has 0 aliphatic carbocycles. The number of aryl methyl sites for hydroxylation is 1. The van der Waals surface area contributed by atoms with Gasteiger partial charge >= 0.3 is 5.97 Å². The molecule has 0 unspecified atom stereocenters. The highest BCUT2D eigenvalue weighted by molar-refractivity contribution is 5.87. The summed E-state index contributed by atoms with van der Waals surface area (Å²) in [5, 5.41) is 8.93. The minimum atomic E-state index is -1.10. The second-order valence-corrected chi connectivity index (χ2v) is 3.54. The molecule has 0 aliphatic rings. The molecular formula is C12H9FN2O2.